The molecule has 0 bridgehead atoms. The zero-order valence-corrected chi connectivity index (χ0v) is 27.3. The van der Waals surface area contributed by atoms with Gasteiger partial charge >= 0.3 is 0 Å². The Morgan fingerprint density at radius 3 is 1.65 bits per heavy atom. The van der Waals surface area contributed by atoms with Gasteiger partial charge in [-0.3, -0.25) is 0 Å². The lowest BCUT2D eigenvalue weighted by Crippen LogP contribution is -2.21. The maximum absolute atomic E-state index is 4.71. The van der Waals surface area contributed by atoms with E-state index in [2.05, 4.69) is 176 Å². The van der Waals surface area contributed by atoms with Crippen LogP contribution < -0.4 is 0 Å². The van der Waals surface area contributed by atoms with E-state index in [1.54, 1.807) is 6.33 Å². The normalized spacial score (nSPS) is 15.9. The largest absolute Gasteiger partial charge is 0.236 e. The number of allylic oxidation sites excluding steroid dienone is 4. The van der Waals surface area contributed by atoms with Crippen molar-refractivity contribution in [3.63, 3.8) is 0 Å². The van der Waals surface area contributed by atoms with Gasteiger partial charge in [0, 0.05) is 16.5 Å². The van der Waals surface area contributed by atoms with Crippen molar-refractivity contribution in [2.24, 2.45) is 0 Å². The van der Waals surface area contributed by atoms with E-state index >= 15 is 0 Å². The SMILES string of the molecule is CC1(c2ccc3c4ccccc4c4ccccc4c3c2)C=CC=C(c2cccc(-c3cc(-c4cccc(-c5ccccc5)c4)ncn3)c2)C1. The molecule has 0 saturated heterocycles. The number of nitrogens with zero attached hydrogens (tertiary/aromatic N) is 2. The highest BCUT2D eigenvalue weighted by Gasteiger charge is 2.28. The van der Waals surface area contributed by atoms with Crippen LogP contribution in [-0.4, -0.2) is 9.97 Å². The van der Waals surface area contributed by atoms with Crippen LogP contribution >= 0.6 is 0 Å². The molecule has 1 heterocycles. The molecule has 8 aromatic rings. The Morgan fingerprint density at radius 1 is 0.449 bits per heavy atom. The van der Waals surface area contributed by atoms with Crippen LogP contribution in [0.5, 0.6) is 0 Å². The number of hydrogen-bond acceptors (Lipinski definition) is 2. The number of benzene rings is 7. The summed E-state index contributed by atoms with van der Waals surface area (Å²) in [7, 11) is 0. The van der Waals surface area contributed by atoms with Crippen molar-refractivity contribution >= 4 is 37.9 Å². The molecule has 1 atom stereocenters. The third-order valence-corrected chi connectivity index (χ3v) is 10.2. The summed E-state index contributed by atoms with van der Waals surface area (Å²) in [5, 5.41) is 7.85. The van der Waals surface area contributed by atoms with Crippen molar-refractivity contribution in [2.45, 2.75) is 18.8 Å². The summed E-state index contributed by atoms with van der Waals surface area (Å²) in [4.78, 5) is 9.37. The lowest BCUT2D eigenvalue weighted by atomic mass is 9.72. The molecule has 232 valence electrons. The Bertz CT molecular complexity index is 2560. The number of rotatable bonds is 5. The summed E-state index contributed by atoms with van der Waals surface area (Å²) in [6, 6.07) is 54.6. The molecular formula is C47H34N2. The lowest BCUT2D eigenvalue weighted by Gasteiger charge is -2.31. The molecule has 0 fully saturated rings. The van der Waals surface area contributed by atoms with Gasteiger partial charge in [-0.2, -0.15) is 0 Å². The minimum atomic E-state index is -0.146. The van der Waals surface area contributed by atoms with Crippen LogP contribution in [0.3, 0.4) is 0 Å². The second kappa shape index (κ2) is 11.8. The molecule has 1 aliphatic rings. The fourth-order valence-electron chi connectivity index (χ4n) is 7.59. The van der Waals surface area contributed by atoms with Crippen molar-refractivity contribution in [2.75, 3.05) is 0 Å². The van der Waals surface area contributed by atoms with E-state index in [-0.39, 0.29) is 5.41 Å². The van der Waals surface area contributed by atoms with E-state index in [1.165, 1.54) is 60.1 Å². The number of hydrogen-bond donors (Lipinski definition) is 0. The first-order chi connectivity index (χ1) is 24.1. The minimum absolute atomic E-state index is 0.146. The fraction of sp³-hybridized carbons (Fsp3) is 0.0638. The Morgan fingerprint density at radius 2 is 0.980 bits per heavy atom. The molecule has 0 N–H and O–H groups in total. The molecule has 0 spiro atoms. The molecule has 1 aromatic heterocycles. The smallest absolute Gasteiger partial charge is 0.116 e. The molecule has 0 radical (unpaired) electrons. The third kappa shape index (κ3) is 5.23. The molecule has 7 aromatic carbocycles. The Balaban J connectivity index is 1.04. The van der Waals surface area contributed by atoms with E-state index in [1.807, 2.05) is 6.07 Å². The van der Waals surface area contributed by atoms with Gasteiger partial charge in [-0.25, -0.2) is 9.97 Å². The van der Waals surface area contributed by atoms with Crippen molar-refractivity contribution in [3.05, 3.63) is 187 Å². The van der Waals surface area contributed by atoms with Crippen LogP contribution in [-0.2, 0) is 5.41 Å². The molecular weight excluding hydrogens is 593 g/mol. The van der Waals surface area contributed by atoms with Crippen molar-refractivity contribution in [3.8, 4) is 33.6 Å². The summed E-state index contributed by atoms with van der Waals surface area (Å²) < 4.78 is 0. The molecule has 1 aliphatic carbocycles. The van der Waals surface area contributed by atoms with Crippen molar-refractivity contribution in [1.82, 2.24) is 9.97 Å². The minimum Gasteiger partial charge on any atom is -0.236 e. The number of aromatic nitrogens is 2. The summed E-state index contributed by atoms with van der Waals surface area (Å²) in [5.74, 6) is 0. The monoisotopic (exact) mass is 626 g/mol. The third-order valence-electron chi connectivity index (χ3n) is 10.2. The highest BCUT2D eigenvalue weighted by molar-refractivity contribution is 6.25. The van der Waals surface area contributed by atoms with E-state index in [0.29, 0.717) is 0 Å². The number of fused-ring (bicyclic) bond motifs is 6. The van der Waals surface area contributed by atoms with Gasteiger partial charge in [0.15, 0.2) is 0 Å². The van der Waals surface area contributed by atoms with Gasteiger partial charge in [-0.1, -0.05) is 153 Å². The van der Waals surface area contributed by atoms with Crippen LogP contribution in [0.1, 0.15) is 24.5 Å². The first-order valence-electron chi connectivity index (χ1n) is 16.9. The standard InChI is InChI=1S/C47H34N2/c1-47(38-23-24-43-41-21-6-5-19-39(41)40-20-7-8-22-42(40)44(43)28-38)25-11-18-37(30-47)34-15-10-17-36(27-34)46-29-45(48-31-49-46)35-16-9-14-33(26-35)32-12-3-2-4-13-32/h2-29,31H,30H2,1H3. The Labute approximate surface area is 286 Å². The average Bonchev–Trinajstić information content (AvgIpc) is 3.18. The zero-order valence-electron chi connectivity index (χ0n) is 27.3. The van der Waals surface area contributed by atoms with Crippen molar-refractivity contribution < 1.29 is 0 Å². The molecule has 49 heavy (non-hydrogen) atoms. The lowest BCUT2D eigenvalue weighted by molar-refractivity contribution is 0.610. The summed E-state index contributed by atoms with van der Waals surface area (Å²) >= 11 is 0. The molecule has 0 aliphatic heterocycles. The van der Waals surface area contributed by atoms with Crippen molar-refractivity contribution in [1.29, 1.82) is 0 Å². The van der Waals surface area contributed by atoms with Gasteiger partial charge in [-0.05, 0) is 90.8 Å². The zero-order chi connectivity index (χ0) is 32.8. The maximum atomic E-state index is 4.71. The molecule has 9 rings (SSSR count). The van der Waals surface area contributed by atoms with Gasteiger partial charge in [0.1, 0.15) is 6.33 Å². The summed E-state index contributed by atoms with van der Waals surface area (Å²) in [6.45, 7) is 2.37. The highest BCUT2D eigenvalue weighted by atomic mass is 14.8. The molecule has 0 saturated carbocycles. The van der Waals surface area contributed by atoms with Gasteiger partial charge in [0.2, 0.25) is 0 Å². The van der Waals surface area contributed by atoms with Gasteiger partial charge in [0.25, 0.3) is 0 Å². The highest BCUT2D eigenvalue weighted by Crippen LogP contribution is 2.43. The molecule has 0 amide bonds. The first-order valence-corrected chi connectivity index (χ1v) is 16.9. The van der Waals surface area contributed by atoms with Crippen LogP contribution in [0.2, 0.25) is 0 Å². The predicted molar refractivity (Wildman–Crippen MR) is 206 cm³/mol. The predicted octanol–water partition coefficient (Wildman–Crippen LogP) is 12.2. The van der Waals surface area contributed by atoms with Gasteiger partial charge in [0.05, 0.1) is 11.4 Å². The van der Waals surface area contributed by atoms with Crippen LogP contribution in [0.25, 0.3) is 71.5 Å². The molecule has 2 heteroatoms. The van der Waals surface area contributed by atoms with Gasteiger partial charge < -0.3 is 0 Å². The Kier molecular flexibility index (Phi) is 7.02. The van der Waals surface area contributed by atoms with Crippen LogP contribution in [0.4, 0.5) is 0 Å². The van der Waals surface area contributed by atoms with Crippen LogP contribution in [0, 0.1) is 0 Å². The van der Waals surface area contributed by atoms with E-state index in [0.717, 1.165) is 28.9 Å². The Hall–Kier alpha value is -6.12. The van der Waals surface area contributed by atoms with E-state index < -0.39 is 0 Å². The maximum Gasteiger partial charge on any atom is 0.116 e. The topological polar surface area (TPSA) is 25.8 Å². The first kappa shape index (κ1) is 29.1. The molecule has 1 unspecified atom stereocenters. The van der Waals surface area contributed by atoms with Crippen LogP contribution in [0.15, 0.2) is 176 Å². The summed E-state index contributed by atoms with van der Waals surface area (Å²) in [5.41, 5.74) is 10.1. The summed E-state index contributed by atoms with van der Waals surface area (Å²) in [6.07, 6.45) is 9.46. The van der Waals surface area contributed by atoms with Gasteiger partial charge in [-0.15, -0.1) is 0 Å². The second-order valence-corrected chi connectivity index (χ2v) is 13.3. The molecule has 2 nitrogen and oxygen atoms in total. The quantitative estimate of drug-likeness (QED) is 0.178. The fourth-order valence-corrected chi connectivity index (χ4v) is 7.59. The second-order valence-electron chi connectivity index (χ2n) is 13.3. The van der Waals surface area contributed by atoms with E-state index in [9.17, 15) is 0 Å². The average molecular weight is 627 g/mol. The van der Waals surface area contributed by atoms with E-state index in [4.69, 9.17) is 4.98 Å².